The highest BCUT2D eigenvalue weighted by atomic mass is 32.2. The molecule has 3 rings (SSSR count). The van der Waals surface area contributed by atoms with Crippen molar-refractivity contribution < 1.29 is 22.5 Å². The van der Waals surface area contributed by atoms with E-state index in [4.69, 9.17) is 0 Å². The third-order valence-corrected chi connectivity index (χ3v) is 6.96. The van der Waals surface area contributed by atoms with E-state index in [-0.39, 0.29) is 47.9 Å². The molecule has 10 heteroatoms. The van der Waals surface area contributed by atoms with Crippen LogP contribution in [-0.2, 0) is 10.0 Å². The van der Waals surface area contributed by atoms with Gasteiger partial charge in [0.2, 0.25) is 10.0 Å². The van der Waals surface area contributed by atoms with Gasteiger partial charge in [0, 0.05) is 37.8 Å². The fourth-order valence-electron chi connectivity index (χ4n) is 3.36. The number of carbonyl (C=O) groups excluding carboxylic acids is 1. The molecule has 0 unspecified atom stereocenters. The Morgan fingerprint density at radius 2 is 1.79 bits per heavy atom. The molecule has 1 saturated heterocycles. The smallest absolute Gasteiger partial charge is 0.273 e. The second-order valence-corrected chi connectivity index (χ2v) is 8.59. The Kier molecular flexibility index (Phi) is 5.94. The van der Waals surface area contributed by atoms with Gasteiger partial charge < -0.3 is 4.90 Å². The Labute approximate surface area is 167 Å². The van der Waals surface area contributed by atoms with E-state index in [1.165, 1.54) is 52.5 Å². The molecule has 2 aromatic rings. The van der Waals surface area contributed by atoms with Crippen molar-refractivity contribution in [3.8, 4) is 0 Å². The highest BCUT2D eigenvalue weighted by Crippen LogP contribution is 2.28. The fourth-order valence-corrected chi connectivity index (χ4v) is 5.07. The van der Waals surface area contributed by atoms with Crippen molar-refractivity contribution in [1.29, 1.82) is 0 Å². The van der Waals surface area contributed by atoms with E-state index in [0.29, 0.717) is 6.42 Å². The van der Waals surface area contributed by atoms with E-state index < -0.39 is 26.7 Å². The molecule has 1 heterocycles. The first-order chi connectivity index (χ1) is 13.7. The number of carbonyl (C=O) groups is 1. The van der Waals surface area contributed by atoms with E-state index in [0.717, 1.165) is 0 Å². The van der Waals surface area contributed by atoms with Gasteiger partial charge in [-0.2, -0.15) is 4.31 Å². The zero-order valence-corrected chi connectivity index (χ0v) is 16.6. The third kappa shape index (κ3) is 4.13. The van der Waals surface area contributed by atoms with Crippen LogP contribution in [0.25, 0.3) is 0 Å². The predicted octanol–water partition coefficient (Wildman–Crippen LogP) is 2.58. The fraction of sp³-hybridized carbons (Fsp3) is 0.316. The van der Waals surface area contributed by atoms with Crippen molar-refractivity contribution in [2.75, 3.05) is 26.2 Å². The van der Waals surface area contributed by atoms with Crippen LogP contribution in [-0.4, -0.2) is 54.6 Å². The number of halogens is 1. The van der Waals surface area contributed by atoms with Crippen molar-refractivity contribution in [2.45, 2.75) is 18.2 Å². The Hall–Kier alpha value is -2.85. The molecule has 8 nitrogen and oxygen atoms in total. The number of hydrogen-bond donors (Lipinski definition) is 0. The first-order valence-corrected chi connectivity index (χ1v) is 10.5. The summed E-state index contributed by atoms with van der Waals surface area (Å²) in [5, 5.41) is 11.1. The van der Waals surface area contributed by atoms with Gasteiger partial charge in [0.15, 0.2) is 0 Å². The monoisotopic (exact) mass is 421 g/mol. The zero-order chi connectivity index (χ0) is 21.2. The van der Waals surface area contributed by atoms with Crippen LogP contribution < -0.4 is 0 Å². The normalized spacial score (nSPS) is 15.7. The summed E-state index contributed by atoms with van der Waals surface area (Å²) >= 11 is 0. The van der Waals surface area contributed by atoms with Crippen molar-refractivity contribution in [3.05, 3.63) is 69.5 Å². The number of nitro benzene ring substituents is 1. The number of nitro groups is 1. The molecule has 0 aromatic heterocycles. The van der Waals surface area contributed by atoms with E-state index >= 15 is 0 Å². The van der Waals surface area contributed by atoms with Gasteiger partial charge in [-0.05, 0) is 31.5 Å². The molecule has 1 aliphatic rings. The summed E-state index contributed by atoms with van der Waals surface area (Å²) in [6, 6.07) is 9.58. The Morgan fingerprint density at radius 3 is 2.48 bits per heavy atom. The van der Waals surface area contributed by atoms with Gasteiger partial charge in [-0.25, -0.2) is 12.8 Å². The third-order valence-electron chi connectivity index (χ3n) is 4.92. The van der Waals surface area contributed by atoms with Gasteiger partial charge in [0.25, 0.3) is 11.6 Å². The van der Waals surface area contributed by atoms with Gasteiger partial charge in [-0.1, -0.05) is 18.2 Å². The summed E-state index contributed by atoms with van der Waals surface area (Å²) in [6.45, 7) is 1.96. The van der Waals surface area contributed by atoms with Crippen LogP contribution in [0.3, 0.4) is 0 Å². The highest BCUT2D eigenvalue weighted by Gasteiger charge is 2.31. The quantitative estimate of drug-likeness (QED) is 0.558. The Morgan fingerprint density at radius 1 is 1.07 bits per heavy atom. The molecule has 154 valence electrons. The standard InChI is InChI=1S/C19H20FN3O5S/c1-14-17(23(25)26)8-4-9-18(14)29(27,28)22-11-5-10-21(12-13-22)19(24)15-6-2-3-7-16(15)20/h2-4,6-9H,5,10-13H2,1H3. The zero-order valence-electron chi connectivity index (χ0n) is 15.7. The highest BCUT2D eigenvalue weighted by molar-refractivity contribution is 7.89. The molecule has 0 spiro atoms. The van der Waals surface area contributed by atoms with Crippen LogP contribution in [0.2, 0.25) is 0 Å². The van der Waals surface area contributed by atoms with Crippen molar-refractivity contribution >= 4 is 21.6 Å². The van der Waals surface area contributed by atoms with Crippen LogP contribution in [0.1, 0.15) is 22.3 Å². The molecule has 1 fully saturated rings. The minimum atomic E-state index is -3.98. The second kappa shape index (κ2) is 8.26. The van der Waals surface area contributed by atoms with Gasteiger partial charge in [-0.15, -0.1) is 0 Å². The van der Waals surface area contributed by atoms with Crippen molar-refractivity contribution in [3.63, 3.8) is 0 Å². The SMILES string of the molecule is Cc1c([N+](=O)[O-])cccc1S(=O)(=O)N1CCCN(C(=O)c2ccccc2F)CC1. The molecule has 0 radical (unpaired) electrons. The number of amides is 1. The lowest BCUT2D eigenvalue weighted by molar-refractivity contribution is -0.385. The van der Waals surface area contributed by atoms with Crippen LogP contribution in [0, 0.1) is 22.9 Å². The minimum absolute atomic E-state index is 0.0185. The molecule has 0 atom stereocenters. The summed E-state index contributed by atoms with van der Waals surface area (Å²) in [7, 11) is -3.98. The van der Waals surface area contributed by atoms with Crippen LogP contribution in [0.4, 0.5) is 10.1 Å². The summed E-state index contributed by atoms with van der Waals surface area (Å²) in [4.78, 5) is 24.4. The maximum Gasteiger partial charge on any atom is 0.273 e. The second-order valence-electron chi connectivity index (χ2n) is 6.69. The van der Waals surface area contributed by atoms with E-state index in [1.54, 1.807) is 6.07 Å². The maximum atomic E-state index is 13.9. The van der Waals surface area contributed by atoms with Crippen LogP contribution in [0.15, 0.2) is 47.4 Å². The summed E-state index contributed by atoms with van der Waals surface area (Å²) in [5.74, 6) is -1.12. The van der Waals surface area contributed by atoms with Gasteiger partial charge in [-0.3, -0.25) is 14.9 Å². The molecule has 2 aromatic carbocycles. The largest absolute Gasteiger partial charge is 0.337 e. The Balaban J connectivity index is 1.82. The van der Waals surface area contributed by atoms with Gasteiger partial charge >= 0.3 is 0 Å². The molecule has 0 saturated carbocycles. The van der Waals surface area contributed by atoms with E-state index in [2.05, 4.69) is 0 Å². The van der Waals surface area contributed by atoms with Gasteiger partial charge in [0.05, 0.1) is 15.4 Å². The molecule has 1 amide bonds. The van der Waals surface area contributed by atoms with Crippen molar-refractivity contribution in [2.24, 2.45) is 0 Å². The number of rotatable bonds is 4. The maximum absolute atomic E-state index is 13.9. The topological polar surface area (TPSA) is 101 Å². The van der Waals surface area contributed by atoms with E-state index in [1.807, 2.05) is 0 Å². The van der Waals surface area contributed by atoms with Crippen LogP contribution in [0.5, 0.6) is 0 Å². The first-order valence-electron chi connectivity index (χ1n) is 9.01. The number of benzene rings is 2. The summed E-state index contributed by atoms with van der Waals surface area (Å²) < 4.78 is 41.3. The Bertz CT molecular complexity index is 1060. The molecule has 1 aliphatic heterocycles. The lowest BCUT2D eigenvalue weighted by atomic mass is 10.2. The number of nitrogens with zero attached hydrogens (tertiary/aromatic N) is 3. The summed E-state index contributed by atoms with van der Waals surface area (Å²) in [6.07, 6.45) is 0.368. The average Bonchev–Trinajstić information content (AvgIpc) is 2.94. The van der Waals surface area contributed by atoms with E-state index in [9.17, 15) is 27.7 Å². The first kappa shape index (κ1) is 20.9. The lowest BCUT2D eigenvalue weighted by Crippen LogP contribution is -2.37. The summed E-state index contributed by atoms with van der Waals surface area (Å²) in [5.41, 5.74) is -0.253. The van der Waals surface area contributed by atoms with Crippen molar-refractivity contribution in [1.82, 2.24) is 9.21 Å². The number of hydrogen-bond acceptors (Lipinski definition) is 5. The molecule has 0 bridgehead atoms. The van der Waals surface area contributed by atoms with Crippen LogP contribution >= 0.6 is 0 Å². The number of sulfonamides is 1. The minimum Gasteiger partial charge on any atom is -0.337 e. The molecule has 29 heavy (non-hydrogen) atoms. The molecular formula is C19H20FN3O5S. The molecular weight excluding hydrogens is 401 g/mol. The predicted molar refractivity (Wildman–Crippen MR) is 104 cm³/mol. The molecule has 0 N–H and O–H groups in total. The average molecular weight is 421 g/mol. The molecule has 0 aliphatic carbocycles. The van der Waals surface area contributed by atoms with Gasteiger partial charge in [0.1, 0.15) is 5.82 Å². The lowest BCUT2D eigenvalue weighted by Gasteiger charge is -2.22.